The molecule has 2 heterocycles. The molecular formula is C23H26ClF3N2O3. The first-order valence-corrected chi connectivity index (χ1v) is 10.3. The fourth-order valence-corrected chi connectivity index (χ4v) is 4.43. The van der Waals surface area contributed by atoms with E-state index >= 15 is 0 Å². The summed E-state index contributed by atoms with van der Waals surface area (Å²) in [5.74, 6) is -0.239. The Bertz CT molecular complexity index is 904. The fraction of sp³-hybridized carbons (Fsp3) is 0.435. The van der Waals surface area contributed by atoms with Crippen LogP contribution in [0.4, 0.5) is 18.0 Å². The average Bonchev–Trinajstić information content (AvgIpc) is 2.98. The molecule has 0 aliphatic carbocycles. The number of ether oxygens (including phenoxy) is 2. The summed E-state index contributed by atoms with van der Waals surface area (Å²) in [5, 5.41) is 0. The van der Waals surface area contributed by atoms with Crippen molar-refractivity contribution >= 4 is 18.5 Å². The Morgan fingerprint density at radius 2 is 1.66 bits per heavy atom. The first-order chi connectivity index (χ1) is 14.8. The van der Waals surface area contributed by atoms with E-state index in [1.54, 1.807) is 29.2 Å². The predicted molar refractivity (Wildman–Crippen MR) is 116 cm³/mol. The van der Waals surface area contributed by atoms with Gasteiger partial charge < -0.3 is 14.4 Å². The number of piperidine rings is 1. The molecule has 1 amide bonds. The zero-order valence-corrected chi connectivity index (χ0v) is 18.5. The van der Waals surface area contributed by atoms with Gasteiger partial charge in [0, 0.05) is 32.5 Å². The normalized spacial score (nSPS) is 20.3. The van der Waals surface area contributed by atoms with E-state index in [0.29, 0.717) is 6.42 Å². The Hall–Kier alpha value is -2.45. The van der Waals surface area contributed by atoms with Crippen molar-refractivity contribution in [2.24, 2.45) is 0 Å². The van der Waals surface area contributed by atoms with Gasteiger partial charge in [-0.25, -0.2) is 9.18 Å². The summed E-state index contributed by atoms with van der Waals surface area (Å²) in [4.78, 5) is 16.8. The predicted octanol–water partition coefficient (Wildman–Crippen LogP) is 4.88. The molecule has 5 nitrogen and oxygen atoms in total. The largest absolute Gasteiger partial charge is 0.440 e. The van der Waals surface area contributed by atoms with Gasteiger partial charge in [0.2, 0.25) is 0 Å². The van der Waals surface area contributed by atoms with Crippen molar-refractivity contribution < 1.29 is 27.4 Å². The number of benzene rings is 2. The zero-order chi connectivity index (χ0) is 22.0. The summed E-state index contributed by atoms with van der Waals surface area (Å²) in [5.41, 5.74) is 1.11. The van der Waals surface area contributed by atoms with E-state index < -0.39 is 12.2 Å². The number of alkyl halides is 2. The van der Waals surface area contributed by atoms with E-state index in [0.717, 1.165) is 37.1 Å². The second-order valence-corrected chi connectivity index (χ2v) is 8.23. The van der Waals surface area contributed by atoms with Crippen LogP contribution in [0.1, 0.15) is 24.0 Å². The minimum Gasteiger partial charge on any atom is -0.440 e. The molecule has 2 aromatic rings. The van der Waals surface area contributed by atoms with Crippen LogP contribution in [0.25, 0.3) is 0 Å². The van der Waals surface area contributed by atoms with Gasteiger partial charge in [-0.05, 0) is 48.9 Å². The van der Waals surface area contributed by atoms with E-state index in [-0.39, 0.29) is 42.7 Å². The lowest BCUT2D eigenvalue weighted by molar-refractivity contribution is -0.0498. The van der Waals surface area contributed by atoms with Crippen molar-refractivity contribution in [2.45, 2.75) is 44.1 Å². The van der Waals surface area contributed by atoms with Gasteiger partial charge >= 0.3 is 12.7 Å². The molecule has 174 valence electrons. The van der Waals surface area contributed by atoms with E-state index in [4.69, 9.17) is 4.74 Å². The Labute approximate surface area is 191 Å². The maximum Gasteiger partial charge on any atom is 0.411 e. The van der Waals surface area contributed by atoms with E-state index in [1.165, 1.54) is 24.3 Å². The van der Waals surface area contributed by atoms with Gasteiger partial charge in [0.15, 0.2) is 0 Å². The van der Waals surface area contributed by atoms with Crippen molar-refractivity contribution in [2.75, 3.05) is 20.1 Å². The van der Waals surface area contributed by atoms with Crippen LogP contribution in [0.3, 0.4) is 0 Å². The van der Waals surface area contributed by atoms with Crippen molar-refractivity contribution in [3.63, 3.8) is 0 Å². The topological polar surface area (TPSA) is 42.0 Å². The van der Waals surface area contributed by atoms with Gasteiger partial charge in [0.25, 0.3) is 0 Å². The highest BCUT2D eigenvalue weighted by atomic mass is 35.5. The number of hydrogen-bond donors (Lipinski definition) is 0. The molecule has 1 unspecified atom stereocenters. The smallest absolute Gasteiger partial charge is 0.411 e. The Kier molecular flexibility index (Phi) is 7.56. The minimum atomic E-state index is -2.89. The first kappa shape index (κ1) is 24.2. The number of rotatable bonds is 6. The minimum absolute atomic E-state index is 0. The zero-order valence-electron chi connectivity index (χ0n) is 17.7. The molecule has 0 bridgehead atoms. The SMILES string of the molecule is CN1CCC2(CC1)OC(=O)N(Cc1ccc(OC(F)F)cc1)C2Cc1ccc(F)cc1.Cl. The number of nitrogens with zero attached hydrogens (tertiary/aromatic N) is 2. The Balaban J connectivity index is 0.00000289. The highest BCUT2D eigenvalue weighted by molar-refractivity contribution is 5.85. The lowest BCUT2D eigenvalue weighted by Gasteiger charge is -2.40. The molecule has 2 aliphatic rings. The Morgan fingerprint density at radius 3 is 2.25 bits per heavy atom. The first-order valence-electron chi connectivity index (χ1n) is 10.3. The van der Waals surface area contributed by atoms with Crippen LogP contribution in [0, 0.1) is 5.82 Å². The van der Waals surface area contributed by atoms with Crippen molar-refractivity contribution in [1.82, 2.24) is 9.80 Å². The third-order valence-electron chi connectivity index (χ3n) is 6.19. The summed E-state index contributed by atoms with van der Waals surface area (Å²) in [7, 11) is 2.04. The average molecular weight is 471 g/mol. The van der Waals surface area contributed by atoms with E-state index in [2.05, 4.69) is 9.64 Å². The quantitative estimate of drug-likeness (QED) is 0.603. The summed E-state index contributed by atoms with van der Waals surface area (Å²) in [6.45, 7) is -0.956. The van der Waals surface area contributed by atoms with Crippen molar-refractivity contribution in [1.29, 1.82) is 0 Å². The fourth-order valence-electron chi connectivity index (χ4n) is 4.43. The third kappa shape index (κ3) is 5.30. The highest BCUT2D eigenvalue weighted by Gasteiger charge is 2.54. The molecular weight excluding hydrogens is 445 g/mol. The van der Waals surface area contributed by atoms with Gasteiger partial charge in [-0.3, -0.25) is 4.90 Å². The molecule has 9 heteroatoms. The number of hydrogen-bond acceptors (Lipinski definition) is 4. The Morgan fingerprint density at radius 1 is 1.06 bits per heavy atom. The maximum atomic E-state index is 13.4. The monoisotopic (exact) mass is 470 g/mol. The van der Waals surface area contributed by atoms with Gasteiger partial charge in [0.1, 0.15) is 17.2 Å². The number of likely N-dealkylation sites (tertiary alicyclic amines) is 1. The molecule has 0 N–H and O–H groups in total. The molecule has 2 fully saturated rings. The number of halogens is 4. The lowest BCUT2D eigenvalue weighted by Crippen LogP contribution is -2.52. The molecule has 1 atom stereocenters. The van der Waals surface area contributed by atoms with Crippen LogP contribution in [-0.4, -0.2) is 54.3 Å². The summed E-state index contributed by atoms with van der Waals surface area (Å²) < 4.78 is 48.5. The number of amides is 1. The van der Waals surface area contributed by atoms with Gasteiger partial charge in [-0.15, -0.1) is 12.4 Å². The van der Waals surface area contributed by atoms with Crippen LogP contribution >= 0.6 is 12.4 Å². The molecule has 1 spiro atoms. The molecule has 2 aliphatic heterocycles. The van der Waals surface area contributed by atoms with Crippen LogP contribution in [0.15, 0.2) is 48.5 Å². The molecule has 0 radical (unpaired) electrons. The third-order valence-corrected chi connectivity index (χ3v) is 6.19. The number of carbonyl (C=O) groups is 1. The summed E-state index contributed by atoms with van der Waals surface area (Å²) >= 11 is 0. The molecule has 0 aromatic heterocycles. The summed E-state index contributed by atoms with van der Waals surface area (Å²) in [6, 6.07) is 12.3. The molecule has 2 saturated heterocycles. The van der Waals surface area contributed by atoms with Gasteiger partial charge in [0.05, 0.1) is 6.04 Å². The maximum absolute atomic E-state index is 13.4. The number of carbonyl (C=O) groups excluding carboxylic acids is 1. The van der Waals surface area contributed by atoms with E-state index in [9.17, 15) is 18.0 Å². The highest BCUT2D eigenvalue weighted by Crippen LogP contribution is 2.40. The standard InChI is InChI=1S/C23H25F3N2O3.ClH/c1-27-12-10-23(11-13-27)20(14-16-2-6-18(24)7-3-16)28(22(29)31-23)15-17-4-8-19(9-5-17)30-21(25)26;/h2-9,20-21H,10-15H2,1H3;1H. The van der Waals surface area contributed by atoms with Crippen LogP contribution in [0.2, 0.25) is 0 Å². The second-order valence-electron chi connectivity index (χ2n) is 8.23. The van der Waals surface area contributed by atoms with Gasteiger partial charge in [-0.1, -0.05) is 24.3 Å². The van der Waals surface area contributed by atoms with Crippen molar-refractivity contribution in [3.05, 3.63) is 65.5 Å². The summed E-state index contributed by atoms with van der Waals surface area (Å²) in [6.07, 6.45) is 1.60. The molecule has 0 saturated carbocycles. The van der Waals surface area contributed by atoms with Crippen LogP contribution in [-0.2, 0) is 17.7 Å². The second kappa shape index (κ2) is 10.0. The van der Waals surface area contributed by atoms with Crippen molar-refractivity contribution in [3.8, 4) is 5.75 Å². The molecule has 32 heavy (non-hydrogen) atoms. The van der Waals surface area contributed by atoms with Crippen LogP contribution in [0.5, 0.6) is 5.75 Å². The van der Waals surface area contributed by atoms with Crippen LogP contribution < -0.4 is 4.74 Å². The molecule has 2 aromatic carbocycles. The van der Waals surface area contributed by atoms with E-state index in [1.807, 2.05) is 7.05 Å². The van der Waals surface area contributed by atoms with Gasteiger partial charge in [-0.2, -0.15) is 8.78 Å². The lowest BCUT2D eigenvalue weighted by atomic mass is 9.81. The molecule has 4 rings (SSSR count).